The molecule has 0 amide bonds. The summed E-state index contributed by atoms with van der Waals surface area (Å²) < 4.78 is 19.5. The van der Waals surface area contributed by atoms with Gasteiger partial charge in [0.1, 0.15) is 11.6 Å². The van der Waals surface area contributed by atoms with Crippen molar-refractivity contribution >= 4 is 0 Å². The maximum absolute atomic E-state index is 14.2. The molecule has 0 saturated carbocycles. The summed E-state index contributed by atoms with van der Waals surface area (Å²) in [4.78, 5) is 0. The Morgan fingerprint density at radius 2 is 1.70 bits per heavy atom. The van der Waals surface area contributed by atoms with Crippen molar-refractivity contribution < 1.29 is 9.13 Å². The van der Waals surface area contributed by atoms with Gasteiger partial charge < -0.3 is 10.5 Å². The predicted octanol–water partition coefficient (Wildman–Crippen LogP) is 3.81. The number of ether oxygens (including phenoxy) is 1. The largest absolute Gasteiger partial charge is 0.496 e. The zero-order chi connectivity index (χ0) is 14.9. The first-order valence-electron chi connectivity index (χ1n) is 6.61. The number of methoxy groups -OCH3 is 1. The minimum atomic E-state index is -0.473. The molecule has 3 heteroatoms. The highest BCUT2D eigenvalue weighted by atomic mass is 19.1. The van der Waals surface area contributed by atoms with E-state index >= 15 is 0 Å². The van der Waals surface area contributed by atoms with Gasteiger partial charge in [0.25, 0.3) is 0 Å². The molecule has 20 heavy (non-hydrogen) atoms. The smallest absolute Gasteiger partial charge is 0.131 e. The van der Waals surface area contributed by atoms with Crippen molar-refractivity contribution in [2.75, 3.05) is 7.11 Å². The number of halogens is 1. The van der Waals surface area contributed by atoms with E-state index < -0.39 is 6.04 Å². The first-order valence-corrected chi connectivity index (χ1v) is 6.61. The third kappa shape index (κ3) is 2.54. The van der Waals surface area contributed by atoms with Crippen molar-refractivity contribution in [1.82, 2.24) is 0 Å². The summed E-state index contributed by atoms with van der Waals surface area (Å²) in [6.07, 6.45) is 0. The molecule has 0 heterocycles. The Morgan fingerprint density at radius 1 is 1.00 bits per heavy atom. The van der Waals surface area contributed by atoms with Crippen molar-refractivity contribution in [2.45, 2.75) is 26.8 Å². The Kier molecular flexibility index (Phi) is 4.09. The molecule has 106 valence electrons. The SMILES string of the molecule is COc1cc(C)c(C(N)c2cccc(C)c2F)cc1C. The van der Waals surface area contributed by atoms with Gasteiger partial charge in [-0.15, -0.1) is 0 Å². The fraction of sp³-hybridized carbons (Fsp3) is 0.294. The maximum Gasteiger partial charge on any atom is 0.131 e. The Labute approximate surface area is 119 Å². The fourth-order valence-corrected chi connectivity index (χ4v) is 2.44. The van der Waals surface area contributed by atoms with Crippen LogP contribution in [0, 0.1) is 26.6 Å². The van der Waals surface area contributed by atoms with Crippen LogP contribution in [0.3, 0.4) is 0 Å². The van der Waals surface area contributed by atoms with Crippen molar-refractivity contribution in [3.63, 3.8) is 0 Å². The third-order valence-corrected chi connectivity index (χ3v) is 3.68. The van der Waals surface area contributed by atoms with Gasteiger partial charge >= 0.3 is 0 Å². The zero-order valence-electron chi connectivity index (χ0n) is 12.3. The quantitative estimate of drug-likeness (QED) is 0.923. The van der Waals surface area contributed by atoms with E-state index in [1.807, 2.05) is 32.0 Å². The summed E-state index contributed by atoms with van der Waals surface area (Å²) in [6, 6.07) is 8.77. The summed E-state index contributed by atoms with van der Waals surface area (Å²) >= 11 is 0. The van der Waals surface area contributed by atoms with Gasteiger partial charge in [0.15, 0.2) is 0 Å². The van der Waals surface area contributed by atoms with Crippen LogP contribution >= 0.6 is 0 Å². The number of hydrogen-bond donors (Lipinski definition) is 1. The van der Waals surface area contributed by atoms with Gasteiger partial charge in [-0.05, 0) is 49.1 Å². The van der Waals surface area contributed by atoms with E-state index in [4.69, 9.17) is 10.5 Å². The fourth-order valence-electron chi connectivity index (χ4n) is 2.44. The molecule has 2 aromatic carbocycles. The molecule has 2 aromatic rings. The lowest BCUT2D eigenvalue weighted by Crippen LogP contribution is -2.16. The second-order valence-electron chi connectivity index (χ2n) is 5.13. The van der Waals surface area contributed by atoms with E-state index in [1.165, 1.54) is 0 Å². The van der Waals surface area contributed by atoms with Crippen LogP contribution in [0.4, 0.5) is 4.39 Å². The first kappa shape index (κ1) is 14.5. The summed E-state index contributed by atoms with van der Waals surface area (Å²) in [5.41, 5.74) is 10.3. The number of rotatable bonds is 3. The van der Waals surface area contributed by atoms with Gasteiger partial charge in [-0.3, -0.25) is 0 Å². The lowest BCUT2D eigenvalue weighted by Gasteiger charge is -2.19. The lowest BCUT2D eigenvalue weighted by atomic mass is 9.92. The van der Waals surface area contributed by atoms with Gasteiger partial charge in [0.2, 0.25) is 0 Å². The molecule has 2 N–H and O–H groups in total. The lowest BCUT2D eigenvalue weighted by molar-refractivity contribution is 0.411. The average Bonchev–Trinajstić information content (AvgIpc) is 2.43. The zero-order valence-corrected chi connectivity index (χ0v) is 12.3. The van der Waals surface area contributed by atoms with E-state index in [-0.39, 0.29) is 5.82 Å². The topological polar surface area (TPSA) is 35.2 Å². The van der Waals surface area contributed by atoms with E-state index in [2.05, 4.69) is 0 Å². The highest BCUT2D eigenvalue weighted by molar-refractivity contribution is 5.46. The van der Waals surface area contributed by atoms with E-state index in [0.717, 1.165) is 22.4 Å². The van der Waals surface area contributed by atoms with E-state index in [0.29, 0.717) is 11.1 Å². The molecule has 0 aliphatic rings. The Bertz CT molecular complexity index is 637. The van der Waals surface area contributed by atoms with Crippen LogP contribution in [0.25, 0.3) is 0 Å². The molecular formula is C17H20FNO. The summed E-state index contributed by atoms with van der Waals surface area (Å²) in [6.45, 7) is 5.67. The van der Waals surface area contributed by atoms with Gasteiger partial charge in [-0.25, -0.2) is 4.39 Å². The second-order valence-corrected chi connectivity index (χ2v) is 5.13. The van der Waals surface area contributed by atoms with Gasteiger partial charge in [0, 0.05) is 5.56 Å². The molecule has 0 spiro atoms. The monoisotopic (exact) mass is 273 g/mol. The Hall–Kier alpha value is -1.87. The van der Waals surface area contributed by atoms with E-state index in [9.17, 15) is 4.39 Å². The van der Waals surface area contributed by atoms with Crippen molar-refractivity contribution in [1.29, 1.82) is 0 Å². The molecule has 2 nitrogen and oxygen atoms in total. The maximum atomic E-state index is 14.2. The number of nitrogens with two attached hydrogens (primary N) is 1. The predicted molar refractivity (Wildman–Crippen MR) is 79.6 cm³/mol. The van der Waals surface area contributed by atoms with E-state index in [1.54, 1.807) is 26.2 Å². The minimum absolute atomic E-state index is 0.229. The van der Waals surface area contributed by atoms with Gasteiger partial charge in [0.05, 0.1) is 13.2 Å². The highest BCUT2D eigenvalue weighted by Crippen LogP contribution is 2.30. The molecule has 1 unspecified atom stereocenters. The van der Waals surface area contributed by atoms with Crippen molar-refractivity contribution in [2.24, 2.45) is 5.73 Å². The standard InChI is InChI=1S/C17H20FNO/c1-10-6-5-7-13(16(10)18)17(19)14-8-12(3)15(20-4)9-11(14)2/h5-9,17H,19H2,1-4H3. The van der Waals surface area contributed by atoms with Crippen molar-refractivity contribution in [3.05, 3.63) is 64.0 Å². The average molecular weight is 273 g/mol. The second kappa shape index (κ2) is 5.63. The number of aryl methyl sites for hydroxylation is 3. The Morgan fingerprint density at radius 3 is 2.35 bits per heavy atom. The van der Waals surface area contributed by atoms with Crippen LogP contribution in [0.1, 0.15) is 33.9 Å². The molecule has 0 bridgehead atoms. The molecule has 0 aliphatic heterocycles. The molecule has 0 aliphatic carbocycles. The van der Waals surface area contributed by atoms with Crippen LogP contribution in [0.2, 0.25) is 0 Å². The van der Waals surface area contributed by atoms with Crippen LogP contribution < -0.4 is 10.5 Å². The molecule has 2 rings (SSSR count). The number of benzene rings is 2. The van der Waals surface area contributed by atoms with Crippen LogP contribution in [-0.4, -0.2) is 7.11 Å². The third-order valence-electron chi connectivity index (χ3n) is 3.68. The molecule has 0 saturated heterocycles. The molecule has 0 radical (unpaired) electrons. The highest BCUT2D eigenvalue weighted by Gasteiger charge is 2.17. The Balaban J connectivity index is 2.51. The van der Waals surface area contributed by atoms with Gasteiger partial charge in [-0.2, -0.15) is 0 Å². The summed E-state index contributed by atoms with van der Waals surface area (Å²) in [5.74, 6) is 0.594. The minimum Gasteiger partial charge on any atom is -0.496 e. The van der Waals surface area contributed by atoms with Crippen LogP contribution in [0.5, 0.6) is 5.75 Å². The molecule has 0 aromatic heterocycles. The van der Waals surface area contributed by atoms with Crippen molar-refractivity contribution in [3.8, 4) is 5.75 Å². The van der Waals surface area contributed by atoms with Crippen LogP contribution in [0.15, 0.2) is 30.3 Å². The number of hydrogen-bond acceptors (Lipinski definition) is 2. The molecule has 0 fully saturated rings. The molecule has 1 atom stereocenters. The summed E-state index contributed by atoms with van der Waals surface area (Å²) in [7, 11) is 1.64. The van der Waals surface area contributed by atoms with Gasteiger partial charge in [-0.1, -0.05) is 24.3 Å². The first-order chi connectivity index (χ1) is 9.45. The normalized spacial score (nSPS) is 12.3. The molecular weight excluding hydrogens is 253 g/mol. The summed E-state index contributed by atoms with van der Waals surface area (Å²) in [5, 5.41) is 0. The van der Waals surface area contributed by atoms with Crippen LogP contribution in [-0.2, 0) is 0 Å².